The topological polar surface area (TPSA) is 91.8 Å². The summed E-state index contributed by atoms with van der Waals surface area (Å²) < 4.78 is 26.4. The first-order chi connectivity index (χ1) is 15.7. The smallest absolute Gasteiger partial charge is 0.226 e. The molecule has 8 nitrogen and oxygen atoms in total. The van der Waals surface area contributed by atoms with E-state index in [0.717, 1.165) is 28.7 Å². The Morgan fingerprint density at radius 3 is 2.75 bits per heavy atom. The predicted octanol–water partition coefficient (Wildman–Crippen LogP) is 4.21. The first kappa shape index (κ1) is 22.1. The summed E-state index contributed by atoms with van der Waals surface area (Å²) >= 11 is 1.62. The fraction of sp³-hybridized carbons (Fsp3) is 0.318. The minimum absolute atomic E-state index is 0.283. The Morgan fingerprint density at radius 1 is 1.12 bits per heavy atom. The minimum atomic E-state index is -0.283. The number of hydrogen-bond acceptors (Lipinski definition) is 8. The van der Waals surface area contributed by atoms with Crippen LogP contribution in [0, 0.1) is 12.7 Å². The number of benzene rings is 1. The van der Waals surface area contributed by atoms with Gasteiger partial charge < -0.3 is 9.26 Å². The maximum absolute atomic E-state index is 13.8. The minimum Gasteiger partial charge on any atom is -0.383 e. The molecule has 0 fully saturated rings. The lowest BCUT2D eigenvalue weighted by atomic mass is 10.1. The van der Waals surface area contributed by atoms with Crippen LogP contribution >= 0.6 is 11.8 Å². The summed E-state index contributed by atoms with van der Waals surface area (Å²) in [4.78, 5) is 8.45. The zero-order valence-corrected chi connectivity index (χ0v) is 18.7. The molecule has 0 aliphatic rings. The standard InChI is InChI=1S/C22H23FN6O2S/c1-15-5-6-17(14-18(15)23)20-25-19(31-28-20)4-3-13-32-22-27-26-21(29(22)11-12-30-2)16-7-9-24-10-8-16/h5-10,14H,3-4,11-13H2,1-2H3. The molecule has 0 amide bonds. The van der Waals surface area contributed by atoms with Crippen molar-refractivity contribution in [3.8, 4) is 22.8 Å². The number of methoxy groups -OCH3 is 1. The van der Waals surface area contributed by atoms with Crippen molar-refractivity contribution in [2.45, 2.75) is 31.5 Å². The van der Waals surface area contributed by atoms with Gasteiger partial charge in [0.2, 0.25) is 11.7 Å². The number of rotatable bonds is 10. The van der Waals surface area contributed by atoms with Crippen molar-refractivity contribution in [3.63, 3.8) is 0 Å². The molecular formula is C22H23FN6O2S. The van der Waals surface area contributed by atoms with Crippen LogP contribution in [0.25, 0.3) is 22.8 Å². The molecule has 166 valence electrons. The normalized spacial score (nSPS) is 11.2. The molecule has 0 N–H and O–H groups in total. The monoisotopic (exact) mass is 454 g/mol. The Labute approximate surface area is 189 Å². The van der Waals surface area contributed by atoms with Crippen LogP contribution in [0.4, 0.5) is 4.39 Å². The van der Waals surface area contributed by atoms with Crippen LogP contribution in [-0.4, -0.2) is 49.4 Å². The Balaban J connectivity index is 1.36. The lowest BCUT2D eigenvalue weighted by Gasteiger charge is -2.09. The highest BCUT2D eigenvalue weighted by Crippen LogP contribution is 2.25. The second-order valence-electron chi connectivity index (χ2n) is 7.11. The molecule has 4 rings (SSSR count). The molecule has 0 saturated heterocycles. The average molecular weight is 455 g/mol. The summed E-state index contributed by atoms with van der Waals surface area (Å²) in [6, 6.07) is 8.74. The van der Waals surface area contributed by atoms with Gasteiger partial charge in [0, 0.05) is 42.8 Å². The molecule has 3 heterocycles. The third kappa shape index (κ3) is 5.20. The van der Waals surface area contributed by atoms with Gasteiger partial charge in [-0.15, -0.1) is 10.2 Å². The molecule has 0 aliphatic heterocycles. The predicted molar refractivity (Wildman–Crippen MR) is 119 cm³/mol. The first-order valence-corrected chi connectivity index (χ1v) is 11.2. The van der Waals surface area contributed by atoms with Crippen LogP contribution in [0.3, 0.4) is 0 Å². The van der Waals surface area contributed by atoms with E-state index >= 15 is 0 Å². The van der Waals surface area contributed by atoms with Gasteiger partial charge >= 0.3 is 0 Å². The van der Waals surface area contributed by atoms with Crippen molar-refractivity contribution in [2.24, 2.45) is 0 Å². The van der Waals surface area contributed by atoms with Crippen molar-refractivity contribution in [1.29, 1.82) is 0 Å². The zero-order valence-electron chi connectivity index (χ0n) is 17.9. The third-order valence-electron chi connectivity index (χ3n) is 4.84. The van der Waals surface area contributed by atoms with Crippen LogP contribution in [0.5, 0.6) is 0 Å². The molecule has 0 bridgehead atoms. The van der Waals surface area contributed by atoms with E-state index < -0.39 is 0 Å². The molecule has 0 atom stereocenters. The molecule has 4 aromatic rings. The fourth-order valence-corrected chi connectivity index (χ4v) is 3.99. The second-order valence-corrected chi connectivity index (χ2v) is 8.18. The van der Waals surface area contributed by atoms with Crippen LogP contribution in [0.2, 0.25) is 0 Å². The molecule has 0 spiro atoms. The van der Waals surface area contributed by atoms with Gasteiger partial charge in [0.15, 0.2) is 11.0 Å². The highest BCUT2D eigenvalue weighted by molar-refractivity contribution is 7.99. The van der Waals surface area contributed by atoms with E-state index in [9.17, 15) is 4.39 Å². The number of pyridine rings is 1. The Morgan fingerprint density at radius 2 is 1.97 bits per heavy atom. The third-order valence-corrected chi connectivity index (χ3v) is 5.89. The number of aryl methyl sites for hydroxylation is 2. The molecule has 1 aromatic carbocycles. The average Bonchev–Trinajstić information content (AvgIpc) is 3.45. The Hall–Kier alpha value is -3.11. The van der Waals surface area contributed by atoms with E-state index in [4.69, 9.17) is 9.26 Å². The van der Waals surface area contributed by atoms with E-state index in [1.165, 1.54) is 6.07 Å². The molecule has 32 heavy (non-hydrogen) atoms. The maximum Gasteiger partial charge on any atom is 0.226 e. The Bertz CT molecular complexity index is 1160. The summed E-state index contributed by atoms with van der Waals surface area (Å²) in [6.45, 7) is 2.94. The number of aromatic nitrogens is 6. The van der Waals surface area contributed by atoms with Gasteiger partial charge in [-0.25, -0.2) is 4.39 Å². The SMILES string of the molecule is COCCn1c(SCCCc2nc(-c3ccc(C)c(F)c3)no2)nnc1-c1ccncc1. The quantitative estimate of drug-likeness (QED) is 0.260. The number of ether oxygens (including phenoxy) is 1. The number of hydrogen-bond donors (Lipinski definition) is 0. The lowest BCUT2D eigenvalue weighted by Crippen LogP contribution is -2.07. The second kappa shape index (κ2) is 10.5. The van der Waals surface area contributed by atoms with E-state index in [2.05, 4.69) is 29.9 Å². The van der Waals surface area contributed by atoms with Crippen molar-refractivity contribution < 1.29 is 13.7 Å². The first-order valence-electron chi connectivity index (χ1n) is 10.2. The largest absolute Gasteiger partial charge is 0.383 e. The van der Waals surface area contributed by atoms with Crippen LogP contribution in [-0.2, 0) is 17.7 Å². The van der Waals surface area contributed by atoms with Crippen LogP contribution in [0.1, 0.15) is 17.9 Å². The fourth-order valence-electron chi connectivity index (χ4n) is 3.09. The van der Waals surface area contributed by atoms with Crippen LogP contribution in [0.15, 0.2) is 52.4 Å². The number of halogens is 1. The van der Waals surface area contributed by atoms with Crippen LogP contribution < -0.4 is 0 Å². The van der Waals surface area contributed by atoms with Gasteiger partial charge in [-0.3, -0.25) is 9.55 Å². The van der Waals surface area contributed by atoms with Crippen molar-refractivity contribution in [2.75, 3.05) is 19.5 Å². The zero-order chi connectivity index (χ0) is 22.3. The highest BCUT2D eigenvalue weighted by atomic mass is 32.2. The van der Waals surface area contributed by atoms with Gasteiger partial charge in [0.05, 0.1) is 13.2 Å². The van der Waals surface area contributed by atoms with E-state index in [-0.39, 0.29) is 5.82 Å². The molecule has 3 aromatic heterocycles. The van der Waals surface area contributed by atoms with Gasteiger partial charge in [0.25, 0.3) is 0 Å². The summed E-state index contributed by atoms with van der Waals surface area (Å²) in [6.07, 6.45) is 4.91. The maximum atomic E-state index is 13.8. The van der Waals surface area contributed by atoms with Crippen molar-refractivity contribution in [3.05, 3.63) is 60.0 Å². The highest BCUT2D eigenvalue weighted by Gasteiger charge is 2.15. The van der Waals surface area contributed by atoms with Gasteiger partial charge in [-0.1, -0.05) is 29.1 Å². The summed E-state index contributed by atoms with van der Waals surface area (Å²) in [5.74, 6) is 2.23. The summed E-state index contributed by atoms with van der Waals surface area (Å²) in [7, 11) is 1.67. The Kier molecular flexibility index (Phi) is 7.23. The lowest BCUT2D eigenvalue weighted by molar-refractivity contribution is 0.185. The molecule has 10 heteroatoms. The van der Waals surface area contributed by atoms with E-state index in [1.54, 1.807) is 50.3 Å². The number of thioether (sulfide) groups is 1. The van der Waals surface area contributed by atoms with Crippen molar-refractivity contribution >= 4 is 11.8 Å². The van der Waals surface area contributed by atoms with Crippen molar-refractivity contribution in [1.82, 2.24) is 29.9 Å². The summed E-state index contributed by atoms with van der Waals surface area (Å²) in [5, 5.41) is 13.5. The van der Waals surface area contributed by atoms with Gasteiger partial charge in [-0.05, 0) is 37.1 Å². The van der Waals surface area contributed by atoms with Gasteiger partial charge in [0.1, 0.15) is 5.82 Å². The molecule has 0 unspecified atom stereocenters. The molecule has 0 radical (unpaired) electrons. The van der Waals surface area contributed by atoms with E-state index in [0.29, 0.717) is 42.4 Å². The molecule has 0 aliphatic carbocycles. The van der Waals surface area contributed by atoms with E-state index in [1.807, 2.05) is 12.1 Å². The van der Waals surface area contributed by atoms with Gasteiger partial charge in [-0.2, -0.15) is 4.98 Å². The molecule has 0 saturated carbocycles. The number of nitrogens with zero attached hydrogens (tertiary/aromatic N) is 6. The summed E-state index contributed by atoms with van der Waals surface area (Å²) in [5.41, 5.74) is 2.15. The molecular weight excluding hydrogens is 431 g/mol.